The summed E-state index contributed by atoms with van der Waals surface area (Å²) in [6.07, 6.45) is 3.57. The van der Waals surface area contributed by atoms with Crippen LogP contribution in [0.3, 0.4) is 0 Å². The number of fused-ring (bicyclic) bond motifs is 2. The van der Waals surface area contributed by atoms with E-state index in [0.29, 0.717) is 18.7 Å². The van der Waals surface area contributed by atoms with E-state index in [-0.39, 0.29) is 50.2 Å². The summed E-state index contributed by atoms with van der Waals surface area (Å²) in [7, 11) is 9.71. The van der Waals surface area contributed by atoms with Gasteiger partial charge in [0.1, 0.15) is 23.3 Å². The molecule has 319 valence electrons. The molecule has 2 aliphatic heterocycles. The number of pyridine rings is 2. The molecule has 2 aliphatic rings. The predicted octanol–water partition coefficient (Wildman–Crippen LogP) is 1.46. The molecule has 0 amide bonds. The SMILES string of the molecule is COC(=O)c1cc(N(C)Cc2cc(N3CCN(C)CC3)nc(C)n2)c2ncccc2c1.Cc1nc(CN(C)c2cc(CO)cc3cccnc23)cc(N2CCN(C)CC2)n1.[Al].[H-].[Li+]. The van der Waals surface area contributed by atoms with Gasteiger partial charge in [-0.2, -0.15) is 0 Å². The molecule has 0 atom stereocenters. The maximum atomic E-state index is 12.2. The van der Waals surface area contributed by atoms with Crippen LogP contribution in [0, 0.1) is 13.8 Å². The number of piperazine rings is 2. The van der Waals surface area contributed by atoms with E-state index in [2.05, 4.69) is 85.5 Å². The minimum atomic E-state index is -0.365. The van der Waals surface area contributed by atoms with Crippen LogP contribution in [-0.2, 0) is 24.4 Å². The van der Waals surface area contributed by atoms with Crippen molar-refractivity contribution in [1.29, 1.82) is 0 Å². The molecule has 2 aromatic carbocycles. The Balaban J connectivity index is 0.000000264. The van der Waals surface area contributed by atoms with Crippen molar-refractivity contribution >= 4 is 68.1 Å². The smallest absolute Gasteiger partial charge is 1.00 e. The summed E-state index contributed by atoms with van der Waals surface area (Å²) in [6, 6.07) is 19.6. The zero-order valence-corrected chi connectivity index (χ0v) is 38.6. The summed E-state index contributed by atoms with van der Waals surface area (Å²) in [4.78, 5) is 53.5. The minimum absolute atomic E-state index is 0. The van der Waals surface area contributed by atoms with E-state index in [0.717, 1.165) is 126 Å². The summed E-state index contributed by atoms with van der Waals surface area (Å²) in [6.45, 7) is 13.1. The van der Waals surface area contributed by atoms with E-state index in [1.165, 1.54) is 7.11 Å². The van der Waals surface area contributed by atoms with Gasteiger partial charge in [-0.05, 0) is 69.9 Å². The average molecular weight is 848 g/mol. The Bertz CT molecular complexity index is 2450. The fourth-order valence-electron chi connectivity index (χ4n) is 7.75. The van der Waals surface area contributed by atoms with Crippen molar-refractivity contribution in [2.45, 2.75) is 33.5 Å². The number of ether oxygens (including phenoxy) is 1. The number of aryl methyl sites for hydroxylation is 2. The zero-order valence-electron chi connectivity index (χ0n) is 38.4. The van der Waals surface area contributed by atoms with Crippen LogP contribution in [0.4, 0.5) is 23.0 Å². The summed E-state index contributed by atoms with van der Waals surface area (Å²) in [5, 5.41) is 11.6. The topological polar surface area (TPSA) is 143 Å². The van der Waals surface area contributed by atoms with Gasteiger partial charge in [0, 0.05) is 119 Å². The number of aliphatic hydroxyl groups excluding tert-OH is 1. The Labute approximate surface area is 388 Å². The number of esters is 1. The van der Waals surface area contributed by atoms with Crippen LogP contribution >= 0.6 is 0 Å². The second kappa shape index (κ2) is 21.9. The molecule has 0 spiro atoms. The summed E-state index contributed by atoms with van der Waals surface area (Å²) in [5.41, 5.74) is 6.90. The first-order valence-corrected chi connectivity index (χ1v) is 20.4. The molecular weight excluding hydrogens is 790 g/mol. The Morgan fingerprint density at radius 3 is 1.60 bits per heavy atom. The van der Waals surface area contributed by atoms with Crippen LogP contribution < -0.4 is 38.5 Å². The number of hydrogen-bond acceptors (Lipinski definition) is 15. The number of anilines is 4. The number of carbonyl (C=O) groups is 1. The van der Waals surface area contributed by atoms with E-state index in [1.807, 2.05) is 76.5 Å². The van der Waals surface area contributed by atoms with Crippen LogP contribution in [-0.4, -0.2) is 156 Å². The second-order valence-corrected chi connectivity index (χ2v) is 15.7. The van der Waals surface area contributed by atoms with Crippen molar-refractivity contribution in [1.82, 2.24) is 39.7 Å². The Hall–Kier alpha value is -4.90. The van der Waals surface area contributed by atoms with Crippen molar-refractivity contribution in [2.24, 2.45) is 0 Å². The Kier molecular flexibility index (Phi) is 17.0. The van der Waals surface area contributed by atoms with Gasteiger partial charge >= 0.3 is 24.8 Å². The summed E-state index contributed by atoms with van der Waals surface area (Å²) >= 11 is 0. The van der Waals surface area contributed by atoms with E-state index >= 15 is 0 Å². The van der Waals surface area contributed by atoms with Crippen molar-refractivity contribution in [3.63, 3.8) is 0 Å². The molecule has 2 saturated heterocycles. The molecule has 4 aromatic heterocycles. The van der Waals surface area contributed by atoms with Gasteiger partial charge < -0.3 is 40.7 Å². The summed E-state index contributed by atoms with van der Waals surface area (Å²) in [5.74, 6) is 3.15. The Morgan fingerprint density at radius 1 is 0.694 bits per heavy atom. The third-order valence-corrected chi connectivity index (χ3v) is 11.1. The van der Waals surface area contributed by atoms with Crippen molar-refractivity contribution in [2.75, 3.05) is 107 Å². The molecule has 17 heteroatoms. The van der Waals surface area contributed by atoms with Gasteiger partial charge in [0.05, 0.1) is 66.2 Å². The third kappa shape index (κ3) is 11.8. The number of aromatic nitrogens is 6. The number of methoxy groups -OCH3 is 1. The van der Waals surface area contributed by atoms with Gasteiger partial charge in [-0.3, -0.25) is 9.97 Å². The van der Waals surface area contributed by atoms with Crippen LogP contribution in [0.1, 0.15) is 40.4 Å². The van der Waals surface area contributed by atoms with Crippen molar-refractivity contribution in [3.8, 4) is 0 Å². The van der Waals surface area contributed by atoms with Crippen LogP contribution in [0.2, 0.25) is 0 Å². The molecule has 3 radical (unpaired) electrons. The number of nitrogens with zero attached hydrogens (tertiary/aromatic N) is 12. The second-order valence-electron chi connectivity index (χ2n) is 15.7. The fraction of sp³-hybridized carbons (Fsp3) is 0.400. The molecule has 1 N–H and O–H groups in total. The van der Waals surface area contributed by atoms with Crippen molar-refractivity contribution in [3.05, 3.63) is 107 Å². The number of hydrogen-bond donors (Lipinski definition) is 1. The molecule has 2 fully saturated rings. The molecule has 15 nitrogen and oxygen atoms in total. The molecule has 0 aliphatic carbocycles. The van der Waals surface area contributed by atoms with E-state index in [4.69, 9.17) is 4.74 Å². The first kappa shape index (κ1) is 48.1. The maximum absolute atomic E-state index is 12.2. The largest absolute Gasteiger partial charge is 1.00 e. The predicted molar refractivity (Wildman–Crippen MR) is 245 cm³/mol. The molecule has 0 unspecified atom stereocenters. The molecular formula is C45H57AlLiN12O3. The maximum Gasteiger partial charge on any atom is 1.00 e. The Morgan fingerprint density at radius 2 is 1.15 bits per heavy atom. The fourth-order valence-corrected chi connectivity index (χ4v) is 7.75. The van der Waals surface area contributed by atoms with Gasteiger partial charge in [-0.15, -0.1) is 0 Å². The number of benzene rings is 2. The molecule has 6 heterocycles. The average Bonchev–Trinajstić information content (AvgIpc) is 3.25. The van der Waals surface area contributed by atoms with E-state index < -0.39 is 0 Å². The molecule has 0 saturated carbocycles. The molecule has 8 rings (SSSR count). The van der Waals surface area contributed by atoms with Crippen molar-refractivity contribution < 1.29 is 34.9 Å². The number of carbonyl (C=O) groups excluding carboxylic acids is 1. The first-order chi connectivity index (χ1) is 29.0. The summed E-state index contributed by atoms with van der Waals surface area (Å²) < 4.78 is 4.94. The van der Waals surface area contributed by atoms with Gasteiger partial charge in [0.25, 0.3) is 0 Å². The minimum Gasteiger partial charge on any atom is -1.00 e. The third-order valence-electron chi connectivity index (χ3n) is 11.1. The molecule has 62 heavy (non-hydrogen) atoms. The van der Waals surface area contributed by atoms with Crippen LogP contribution in [0.5, 0.6) is 0 Å². The quantitative estimate of drug-likeness (QED) is 0.157. The normalized spacial score (nSPS) is 14.4. The van der Waals surface area contributed by atoms with Crippen LogP contribution in [0.25, 0.3) is 21.8 Å². The first-order valence-electron chi connectivity index (χ1n) is 20.4. The monoisotopic (exact) mass is 847 g/mol. The van der Waals surface area contributed by atoms with E-state index in [9.17, 15) is 9.90 Å². The number of aliphatic hydroxyl groups is 1. The molecule has 6 aromatic rings. The van der Waals surface area contributed by atoms with Gasteiger partial charge in [-0.25, -0.2) is 24.7 Å². The zero-order chi connectivity index (χ0) is 42.3. The van der Waals surface area contributed by atoms with Crippen LogP contribution in [0.15, 0.2) is 73.1 Å². The number of likely N-dealkylation sites (N-methyl/N-ethyl adjacent to an activating group) is 2. The van der Waals surface area contributed by atoms with E-state index in [1.54, 1.807) is 12.4 Å². The molecule has 0 bridgehead atoms. The standard InChI is InChI=1S/C23H28N6O2.C22H28N6O.Al.Li.H/c1-16-25-19(14-21(26-16)29-10-8-27(2)9-11-29)15-28(3)20-13-18(23(30)31-4)12-17-6-5-7-24-22(17)20;1-16-24-19(13-21(25-16)28-9-7-26(2)8-10-28)14-27(3)20-12-17(15-29)11-18-5-4-6-23-22(18)20;;;/h5-7,12-14H,8-11,15H2,1-4H3;4-6,11-13,29H,7-10,14-15H2,1-3H3;;;/q;;;+1;-1. The van der Waals surface area contributed by atoms with Gasteiger partial charge in [0.15, 0.2) is 0 Å². The van der Waals surface area contributed by atoms with Gasteiger partial charge in [-0.1, -0.05) is 12.1 Å². The number of rotatable bonds is 10. The van der Waals surface area contributed by atoms with Gasteiger partial charge in [0.2, 0.25) is 0 Å².